The number of furan rings is 1. The van der Waals surface area contributed by atoms with Crippen LogP contribution in [0, 0.1) is 0 Å². The Kier molecular flexibility index (Phi) is 3.20. The van der Waals surface area contributed by atoms with Gasteiger partial charge in [-0.25, -0.2) is 0 Å². The fourth-order valence-corrected chi connectivity index (χ4v) is 1.22. The molecule has 0 saturated heterocycles. The summed E-state index contributed by atoms with van der Waals surface area (Å²) in [6.45, 7) is 0. The molecule has 86 valence electrons. The first-order chi connectivity index (χ1) is 8.25. The van der Waals surface area contributed by atoms with Crippen LogP contribution in [-0.2, 0) is 0 Å². The minimum absolute atomic E-state index is 0.127. The van der Waals surface area contributed by atoms with Crippen molar-refractivity contribution in [3.05, 3.63) is 48.4 Å². The molecule has 2 N–H and O–H groups in total. The third kappa shape index (κ3) is 2.94. The van der Waals surface area contributed by atoms with E-state index in [0.29, 0.717) is 5.69 Å². The predicted octanol–water partition coefficient (Wildman–Crippen LogP) is 2.27. The van der Waals surface area contributed by atoms with Crippen LogP contribution in [0.1, 0.15) is 10.6 Å². The van der Waals surface area contributed by atoms with Crippen LogP contribution in [0.25, 0.3) is 0 Å². The largest absolute Gasteiger partial charge is 0.508 e. The van der Waals surface area contributed by atoms with E-state index >= 15 is 0 Å². The third-order valence-corrected chi connectivity index (χ3v) is 1.99. The molecule has 5 heteroatoms. The number of nitrogens with one attached hydrogen (secondary N) is 1. The minimum atomic E-state index is -0.331. The van der Waals surface area contributed by atoms with Gasteiger partial charge < -0.3 is 9.52 Å². The number of phenols is 1. The minimum Gasteiger partial charge on any atom is -0.508 e. The first kappa shape index (κ1) is 10.9. The van der Waals surface area contributed by atoms with Crippen molar-refractivity contribution in [2.75, 3.05) is 5.43 Å². The van der Waals surface area contributed by atoms with E-state index in [0.717, 1.165) is 6.21 Å². The molecule has 0 unspecified atom stereocenters. The first-order valence-electron chi connectivity index (χ1n) is 4.91. The SMILES string of the molecule is O=C(/C=N/Nc1cccc(O)c1)c1ccco1. The highest BCUT2D eigenvalue weighted by Crippen LogP contribution is 2.14. The van der Waals surface area contributed by atoms with Gasteiger partial charge in [-0.2, -0.15) is 5.10 Å². The van der Waals surface area contributed by atoms with Crippen LogP contribution in [0.4, 0.5) is 5.69 Å². The summed E-state index contributed by atoms with van der Waals surface area (Å²) in [6.07, 6.45) is 2.53. The molecule has 1 heterocycles. The summed E-state index contributed by atoms with van der Waals surface area (Å²) in [7, 11) is 0. The Morgan fingerprint density at radius 1 is 1.35 bits per heavy atom. The number of phenolic OH excluding ortho intramolecular Hbond substituents is 1. The van der Waals surface area contributed by atoms with Crippen molar-refractivity contribution in [2.24, 2.45) is 5.10 Å². The maximum absolute atomic E-state index is 11.4. The number of carbonyl (C=O) groups excluding carboxylic acids is 1. The number of hydrogen-bond acceptors (Lipinski definition) is 5. The van der Waals surface area contributed by atoms with Crippen molar-refractivity contribution >= 4 is 17.7 Å². The molecule has 1 aromatic carbocycles. The lowest BCUT2D eigenvalue weighted by Crippen LogP contribution is -2.00. The van der Waals surface area contributed by atoms with Crippen molar-refractivity contribution < 1.29 is 14.3 Å². The molecular formula is C12H10N2O3. The van der Waals surface area contributed by atoms with Crippen molar-refractivity contribution in [1.29, 1.82) is 0 Å². The molecule has 5 nitrogen and oxygen atoms in total. The van der Waals surface area contributed by atoms with Gasteiger partial charge in [-0.1, -0.05) is 6.07 Å². The molecule has 0 amide bonds. The zero-order valence-electron chi connectivity index (χ0n) is 8.83. The topological polar surface area (TPSA) is 74.8 Å². The molecule has 0 bridgehead atoms. The van der Waals surface area contributed by atoms with Crippen LogP contribution in [0.5, 0.6) is 5.75 Å². The molecular weight excluding hydrogens is 220 g/mol. The number of hydrogen-bond donors (Lipinski definition) is 2. The van der Waals surface area contributed by atoms with E-state index in [-0.39, 0.29) is 17.3 Å². The summed E-state index contributed by atoms with van der Waals surface area (Å²) >= 11 is 0. The van der Waals surface area contributed by atoms with E-state index in [1.54, 1.807) is 30.3 Å². The standard InChI is InChI=1S/C12H10N2O3/c15-10-4-1-3-9(7-10)14-13-8-11(16)12-5-2-6-17-12/h1-8,14-15H/b13-8+. The van der Waals surface area contributed by atoms with E-state index in [9.17, 15) is 9.90 Å². The summed E-state index contributed by atoms with van der Waals surface area (Å²) < 4.78 is 4.91. The number of anilines is 1. The van der Waals surface area contributed by atoms with E-state index in [2.05, 4.69) is 10.5 Å². The summed E-state index contributed by atoms with van der Waals surface area (Å²) in [5.74, 6) is 0.0247. The second-order valence-corrected chi connectivity index (χ2v) is 3.26. The molecule has 0 saturated carbocycles. The van der Waals surface area contributed by atoms with E-state index in [1.807, 2.05) is 0 Å². The van der Waals surface area contributed by atoms with Crippen LogP contribution in [0.3, 0.4) is 0 Å². The lowest BCUT2D eigenvalue weighted by atomic mass is 10.3. The molecule has 0 radical (unpaired) electrons. The maximum Gasteiger partial charge on any atom is 0.240 e. The Morgan fingerprint density at radius 2 is 2.24 bits per heavy atom. The summed E-state index contributed by atoms with van der Waals surface area (Å²) in [5.41, 5.74) is 3.22. The van der Waals surface area contributed by atoms with Crippen LogP contribution < -0.4 is 5.43 Å². The van der Waals surface area contributed by atoms with Gasteiger partial charge >= 0.3 is 0 Å². The maximum atomic E-state index is 11.4. The number of rotatable bonds is 4. The van der Waals surface area contributed by atoms with Crippen molar-refractivity contribution in [3.63, 3.8) is 0 Å². The van der Waals surface area contributed by atoms with Gasteiger partial charge in [0.05, 0.1) is 18.2 Å². The number of aromatic hydroxyl groups is 1. The van der Waals surface area contributed by atoms with Gasteiger partial charge in [-0.05, 0) is 24.3 Å². The number of ketones is 1. The van der Waals surface area contributed by atoms with E-state index < -0.39 is 0 Å². The van der Waals surface area contributed by atoms with Crippen molar-refractivity contribution in [1.82, 2.24) is 0 Å². The predicted molar refractivity (Wildman–Crippen MR) is 63.3 cm³/mol. The lowest BCUT2D eigenvalue weighted by Gasteiger charge is -1.99. The Bertz CT molecular complexity index is 532. The Labute approximate surface area is 97.4 Å². The van der Waals surface area contributed by atoms with Crippen LogP contribution in [-0.4, -0.2) is 17.1 Å². The van der Waals surface area contributed by atoms with Gasteiger partial charge in [0, 0.05) is 6.07 Å². The highest BCUT2D eigenvalue weighted by Gasteiger charge is 2.04. The quantitative estimate of drug-likeness (QED) is 0.480. The third-order valence-electron chi connectivity index (χ3n) is 1.99. The molecule has 0 aliphatic heterocycles. The lowest BCUT2D eigenvalue weighted by molar-refractivity contribution is 0.104. The zero-order chi connectivity index (χ0) is 12.1. The molecule has 0 atom stereocenters. The number of Topliss-reactive ketones (excluding diaryl/α,β-unsaturated/α-hetero) is 1. The molecule has 0 aliphatic carbocycles. The zero-order valence-corrected chi connectivity index (χ0v) is 8.83. The van der Waals surface area contributed by atoms with Gasteiger partial charge in [0.15, 0.2) is 5.76 Å². The smallest absolute Gasteiger partial charge is 0.240 e. The second kappa shape index (κ2) is 4.98. The number of carbonyl (C=O) groups is 1. The normalized spacial score (nSPS) is 10.6. The van der Waals surface area contributed by atoms with Crippen LogP contribution in [0.2, 0.25) is 0 Å². The molecule has 1 aromatic heterocycles. The number of benzene rings is 1. The van der Waals surface area contributed by atoms with Crippen LogP contribution >= 0.6 is 0 Å². The molecule has 0 fully saturated rings. The van der Waals surface area contributed by atoms with E-state index in [4.69, 9.17) is 4.42 Å². The highest BCUT2D eigenvalue weighted by molar-refractivity contribution is 6.34. The average Bonchev–Trinajstić information content (AvgIpc) is 2.82. The number of nitrogens with zero attached hydrogens (tertiary/aromatic N) is 1. The van der Waals surface area contributed by atoms with E-state index in [1.165, 1.54) is 12.3 Å². The average molecular weight is 230 g/mol. The summed E-state index contributed by atoms with van der Waals surface area (Å²) in [4.78, 5) is 11.4. The van der Waals surface area contributed by atoms with Gasteiger partial charge in [0.2, 0.25) is 5.78 Å². The van der Waals surface area contributed by atoms with Gasteiger partial charge in [0.25, 0.3) is 0 Å². The molecule has 0 spiro atoms. The van der Waals surface area contributed by atoms with Crippen molar-refractivity contribution in [2.45, 2.75) is 0 Å². The number of hydrazone groups is 1. The Balaban J connectivity index is 1.96. The van der Waals surface area contributed by atoms with Crippen LogP contribution in [0.15, 0.2) is 52.2 Å². The molecule has 2 aromatic rings. The molecule has 17 heavy (non-hydrogen) atoms. The monoisotopic (exact) mass is 230 g/mol. The summed E-state index contributed by atoms with van der Waals surface area (Å²) in [5, 5.41) is 12.9. The van der Waals surface area contributed by atoms with Gasteiger partial charge in [-0.3, -0.25) is 10.2 Å². The van der Waals surface area contributed by atoms with Gasteiger partial charge in [0.1, 0.15) is 5.75 Å². The van der Waals surface area contributed by atoms with Crippen molar-refractivity contribution in [3.8, 4) is 5.75 Å². The molecule has 0 aliphatic rings. The fraction of sp³-hybridized carbons (Fsp3) is 0. The fourth-order valence-electron chi connectivity index (χ4n) is 1.22. The Morgan fingerprint density at radius 3 is 2.94 bits per heavy atom. The first-order valence-corrected chi connectivity index (χ1v) is 4.91. The molecule has 2 rings (SSSR count). The van der Waals surface area contributed by atoms with Gasteiger partial charge in [-0.15, -0.1) is 0 Å². The summed E-state index contributed by atoms with van der Waals surface area (Å²) in [6, 6.07) is 9.61. The Hall–Kier alpha value is -2.56. The second-order valence-electron chi connectivity index (χ2n) is 3.26. The highest BCUT2D eigenvalue weighted by atomic mass is 16.3.